The zero-order chi connectivity index (χ0) is 13.9. The Balaban J connectivity index is 2.91. The lowest BCUT2D eigenvalue weighted by Gasteiger charge is -2.15. The molecule has 1 atom stereocenters. The molecular formula is C11H20NO4PS. The minimum absolute atomic E-state index is 0.256. The van der Waals surface area contributed by atoms with E-state index >= 15 is 0 Å². The van der Waals surface area contributed by atoms with Gasteiger partial charge in [-0.15, -0.1) is 0 Å². The zero-order valence-corrected chi connectivity index (χ0v) is 13.1. The molecule has 0 aliphatic rings. The van der Waals surface area contributed by atoms with Gasteiger partial charge in [0.05, 0.1) is 12.7 Å². The van der Waals surface area contributed by atoms with Crippen molar-refractivity contribution in [1.29, 1.82) is 0 Å². The van der Waals surface area contributed by atoms with Crippen LogP contribution in [0.5, 0.6) is 10.1 Å². The van der Waals surface area contributed by atoms with E-state index in [9.17, 15) is 4.57 Å². The molecule has 0 aromatic carbocycles. The minimum atomic E-state index is -3.57. The maximum absolute atomic E-state index is 11.9. The number of rotatable bonds is 6. The standard InChI is InChI=1S/C11H20NO4PS/c1-6-14-10-8(4)9(5)11(18-10)16-17(12,13)15-7(2)3/h7H,6H2,1-5H3,(H2,12,13). The fourth-order valence-electron chi connectivity index (χ4n) is 1.33. The third-order valence-electron chi connectivity index (χ3n) is 2.20. The summed E-state index contributed by atoms with van der Waals surface area (Å²) in [5.74, 6) is 0. The highest BCUT2D eigenvalue weighted by Gasteiger charge is 2.25. The van der Waals surface area contributed by atoms with Gasteiger partial charge in [-0.05, 0) is 34.6 Å². The van der Waals surface area contributed by atoms with Gasteiger partial charge in [0.2, 0.25) is 0 Å². The minimum Gasteiger partial charge on any atom is -0.484 e. The van der Waals surface area contributed by atoms with Crippen LogP contribution in [0.4, 0.5) is 0 Å². The van der Waals surface area contributed by atoms with Gasteiger partial charge in [0.25, 0.3) is 0 Å². The highest BCUT2D eigenvalue weighted by Crippen LogP contribution is 2.49. The van der Waals surface area contributed by atoms with Gasteiger partial charge in [0, 0.05) is 11.1 Å². The molecule has 0 spiro atoms. The number of ether oxygens (including phenoxy) is 1. The quantitative estimate of drug-likeness (QED) is 0.811. The molecule has 7 heteroatoms. The van der Waals surface area contributed by atoms with Crippen LogP contribution in [0.15, 0.2) is 0 Å². The van der Waals surface area contributed by atoms with Crippen molar-refractivity contribution in [3.8, 4) is 10.1 Å². The molecule has 5 nitrogen and oxygen atoms in total. The molecule has 0 aliphatic carbocycles. The van der Waals surface area contributed by atoms with Crippen LogP contribution >= 0.6 is 19.1 Å². The molecule has 1 aromatic rings. The van der Waals surface area contributed by atoms with E-state index in [1.165, 1.54) is 11.3 Å². The summed E-state index contributed by atoms with van der Waals surface area (Å²) < 4.78 is 27.8. The SMILES string of the molecule is CCOc1sc(OP(N)(=O)OC(C)C)c(C)c1C. The Morgan fingerprint density at radius 2 is 1.83 bits per heavy atom. The largest absolute Gasteiger partial charge is 0.484 e. The van der Waals surface area contributed by atoms with Gasteiger partial charge >= 0.3 is 7.75 Å². The Morgan fingerprint density at radius 1 is 1.28 bits per heavy atom. The van der Waals surface area contributed by atoms with Gasteiger partial charge in [-0.25, -0.2) is 10.1 Å². The molecule has 2 N–H and O–H groups in total. The van der Waals surface area contributed by atoms with E-state index in [0.29, 0.717) is 11.7 Å². The Labute approximate surface area is 112 Å². The molecule has 0 bridgehead atoms. The molecule has 0 aliphatic heterocycles. The fourth-order valence-corrected chi connectivity index (χ4v) is 3.75. The Hall–Kier alpha value is -0.550. The molecule has 1 aromatic heterocycles. The molecule has 0 amide bonds. The lowest BCUT2D eigenvalue weighted by molar-refractivity contribution is 0.210. The Morgan fingerprint density at radius 3 is 2.33 bits per heavy atom. The maximum atomic E-state index is 11.9. The second-order valence-corrected chi connectivity index (χ2v) is 6.56. The first-order valence-electron chi connectivity index (χ1n) is 5.76. The summed E-state index contributed by atoms with van der Waals surface area (Å²) in [6, 6.07) is 0. The summed E-state index contributed by atoms with van der Waals surface area (Å²) in [6.45, 7) is 9.78. The van der Waals surface area contributed by atoms with Crippen molar-refractivity contribution in [3.63, 3.8) is 0 Å². The molecule has 0 radical (unpaired) electrons. The number of thiophene rings is 1. The molecule has 104 valence electrons. The van der Waals surface area contributed by atoms with Crippen LogP contribution in [0.1, 0.15) is 31.9 Å². The molecule has 0 fully saturated rings. The monoisotopic (exact) mass is 293 g/mol. The summed E-state index contributed by atoms with van der Waals surface area (Å²) in [4.78, 5) is 0. The molecule has 18 heavy (non-hydrogen) atoms. The zero-order valence-electron chi connectivity index (χ0n) is 11.4. The van der Waals surface area contributed by atoms with Crippen LogP contribution in [-0.4, -0.2) is 12.7 Å². The smallest absolute Gasteiger partial charge is 0.457 e. The number of nitrogens with two attached hydrogens (primary N) is 1. The van der Waals surface area contributed by atoms with E-state index in [2.05, 4.69) is 0 Å². The second kappa shape index (κ2) is 6.06. The Kier molecular flexibility index (Phi) is 5.22. The van der Waals surface area contributed by atoms with E-state index in [-0.39, 0.29) is 6.10 Å². The van der Waals surface area contributed by atoms with Crippen LogP contribution in [0, 0.1) is 13.8 Å². The summed E-state index contributed by atoms with van der Waals surface area (Å²) >= 11 is 1.29. The van der Waals surface area contributed by atoms with E-state index < -0.39 is 7.75 Å². The predicted molar refractivity (Wildman–Crippen MR) is 73.6 cm³/mol. The van der Waals surface area contributed by atoms with Crippen molar-refractivity contribution in [2.75, 3.05) is 6.61 Å². The van der Waals surface area contributed by atoms with E-state index in [4.69, 9.17) is 19.3 Å². The van der Waals surface area contributed by atoms with Gasteiger partial charge in [-0.3, -0.25) is 4.52 Å². The maximum Gasteiger partial charge on any atom is 0.457 e. The highest BCUT2D eigenvalue weighted by molar-refractivity contribution is 7.52. The van der Waals surface area contributed by atoms with Gasteiger partial charge < -0.3 is 9.26 Å². The van der Waals surface area contributed by atoms with Crippen LogP contribution in [0.3, 0.4) is 0 Å². The average molecular weight is 293 g/mol. The van der Waals surface area contributed by atoms with Crippen molar-refractivity contribution in [2.45, 2.75) is 40.7 Å². The highest BCUT2D eigenvalue weighted by atomic mass is 32.1. The number of hydrogen-bond acceptors (Lipinski definition) is 5. The molecule has 1 rings (SSSR count). The van der Waals surface area contributed by atoms with Gasteiger partial charge in [-0.2, -0.15) is 0 Å². The average Bonchev–Trinajstić information content (AvgIpc) is 2.45. The molecule has 1 heterocycles. The van der Waals surface area contributed by atoms with Crippen molar-refractivity contribution in [1.82, 2.24) is 0 Å². The third kappa shape index (κ3) is 3.99. The van der Waals surface area contributed by atoms with Gasteiger partial charge in [0.15, 0.2) is 10.1 Å². The summed E-state index contributed by atoms with van der Waals surface area (Å²) in [7, 11) is -3.57. The third-order valence-corrected chi connectivity index (χ3v) is 4.66. The molecular weight excluding hydrogens is 273 g/mol. The number of hydrogen-bond donors (Lipinski definition) is 1. The van der Waals surface area contributed by atoms with Crippen molar-refractivity contribution in [2.24, 2.45) is 5.50 Å². The lowest BCUT2D eigenvalue weighted by atomic mass is 10.2. The van der Waals surface area contributed by atoms with Gasteiger partial charge in [-0.1, -0.05) is 11.3 Å². The molecule has 1 unspecified atom stereocenters. The van der Waals surface area contributed by atoms with Gasteiger partial charge in [0.1, 0.15) is 0 Å². The van der Waals surface area contributed by atoms with Crippen molar-refractivity contribution >= 4 is 19.1 Å². The fraction of sp³-hybridized carbons (Fsp3) is 0.636. The van der Waals surface area contributed by atoms with Crippen LogP contribution < -0.4 is 14.8 Å². The second-order valence-electron chi connectivity index (χ2n) is 4.15. The first kappa shape index (κ1) is 15.5. The van der Waals surface area contributed by atoms with E-state index in [0.717, 1.165) is 16.2 Å². The topological polar surface area (TPSA) is 70.8 Å². The summed E-state index contributed by atoms with van der Waals surface area (Å²) in [6.07, 6.45) is -0.256. The predicted octanol–water partition coefficient (Wildman–Crippen LogP) is 3.63. The van der Waals surface area contributed by atoms with Crippen molar-refractivity contribution < 1.29 is 18.3 Å². The first-order chi connectivity index (χ1) is 8.26. The lowest BCUT2D eigenvalue weighted by Crippen LogP contribution is -2.11. The van der Waals surface area contributed by atoms with Crippen LogP contribution in [0.2, 0.25) is 0 Å². The van der Waals surface area contributed by atoms with E-state index in [1.807, 2.05) is 20.8 Å². The first-order valence-corrected chi connectivity index (χ1v) is 8.19. The molecule has 0 saturated carbocycles. The summed E-state index contributed by atoms with van der Waals surface area (Å²) in [5, 5.41) is 1.25. The molecule has 0 saturated heterocycles. The van der Waals surface area contributed by atoms with E-state index in [1.54, 1.807) is 13.8 Å². The Bertz CT molecular complexity index is 458. The summed E-state index contributed by atoms with van der Waals surface area (Å²) in [5.41, 5.74) is 7.38. The van der Waals surface area contributed by atoms with Crippen LogP contribution in [-0.2, 0) is 9.09 Å². The van der Waals surface area contributed by atoms with Crippen molar-refractivity contribution in [3.05, 3.63) is 11.1 Å². The normalized spacial score (nSPS) is 14.6. The van der Waals surface area contributed by atoms with Crippen LogP contribution in [0.25, 0.3) is 0 Å².